The molecule has 1 aromatic rings. The predicted molar refractivity (Wildman–Crippen MR) is 77.6 cm³/mol. The molecule has 0 spiro atoms. The van der Waals surface area contributed by atoms with Crippen LogP contribution in [0.2, 0.25) is 0 Å². The summed E-state index contributed by atoms with van der Waals surface area (Å²) in [5, 5.41) is 0. The van der Waals surface area contributed by atoms with Crippen molar-refractivity contribution in [1.82, 2.24) is 4.90 Å². The number of amides is 1. The second-order valence-electron chi connectivity index (χ2n) is 4.76. The molecule has 1 atom stereocenters. The summed E-state index contributed by atoms with van der Waals surface area (Å²) < 4.78 is 1.24. The van der Waals surface area contributed by atoms with Gasteiger partial charge in [0, 0.05) is 23.1 Å². The zero-order valence-corrected chi connectivity index (χ0v) is 12.3. The van der Waals surface area contributed by atoms with E-state index < -0.39 is 0 Å². The largest absolute Gasteiger partial charge is 0.338 e. The van der Waals surface area contributed by atoms with Crippen molar-refractivity contribution in [3.63, 3.8) is 0 Å². The Balaban J connectivity index is 1.95. The number of carbonyl (C=O) groups excluding carboxylic acids is 1. The number of carbonyl (C=O) groups is 1. The van der Waals surface area contributed by atoms with E-state index in [0.717, 1.165) is 19.5 Å². The van der Waals surface area contributed by atoms with E-state index in [9.17, 15) is 4.79 Å². The van der Waals surface area contributed by atoms with Gasteiger partial charge in [0.2, 0.25) is 5.91 Å². The van der Waals surface area contributed by atoms with Crippen molar-refractivity contribution < 1.29 is 4.79 Å². The van der Waals surface area contributed by atoms with Crippen LogP contribution in [0.25, 0.3) is 0 Å². The third-order valence-corrected chi connectivity index (χ3v) is 4.00. The Bertz CT molecular complexity index is 388. The zero-order chi connectivity index (χ0) is 12.3. The molecule has 1 saturated heterocycles. The molecule has 3 heteroatoms. The molecular weight excluding hydrogens is 325 g/mol. The lowest BCUT2D eigenvalue weighted by atomic mass is 10.0. The van der Waals surface area contributed by atoms with E-state index in [1.165, 1.54) is 22.0 Å². The fourth-order valence-electron chi connectivity index (χ4n) is 2.42. The number of hydrogen-bond acceptors (Lipinski definition) is 1. The molecule has 0 radical (unpaired) electrons. The highest BCUT2D eigenvalue weighted by Gasteiger charge is 2.28. The van der Waals surface area contributed by atoms with Crippen molar-refractivity contribution in [2.45, 2.75) is 32.7 Å². The van der Waals surface area contributed by atoms with Crippen molar-refractivity contribution in [1.29, 1.82) is 0 Å². The van der Waals surface area contributed by atoms with Gasteiger partial charge >= 0.3 is 0 Å². The number of nitrogens with zero attached hydrogens (tertiary/aromatic N) is 1. The van der Waals surface area contributed by atoms with Crippen LogP contribution in [-0.4, -0.2) is 17.4 Å². The van der Waals surface area contributed by atoms with Gasteiger partial charge in [-0.05, 0) is 52.6 Å². The molecule has 1 fully saturated rings. The van der Waals surface area contributed by atoms with E-state index in [4.69, 9.17) is 0 Å². The molecule has 0 saturated carbocycles. The fourth-order valence-corrected chi connectivity index (χ4v) is 2.78. The highest BCUT2D eigenvalue weighted by Crippen LogP contribution is 2.23. The molecule has 1 amide bonds. The van der Waals surface area contributed by atoms with E-state index in [1.807, 2.05) is 4.90 Å². The highest BCUT2D eigenvalue weighted by molar-refractivity contribution is 14.1. The van der Waals surface area contributed by atoms with Gasteiger partial charge in [-0.15, -0.1) is 0 Å². The first-order chi connectivity index (χ1) is 8.19. The van der Waals surface area contributed by atoms with Gasteiger partial charge in [-0.1, -0.05) is 25.5 Å². The van der Waals surface area contributed by atoms with Crippen LogP contribution in [0.5, 0.6) is 0 Å². The predicted octanol–water partition coefficient (Wildman–Crippen LogP) is 3.44. The molecule has 0 bridgehead atoms. The van der Waals surface area contributed by atoms with Crippen molar-refractivity contribution in [3.8, 4) is 0 Å². The van der Waals surface area contributed by atoms with Crippen LogP contribution in [0.4, 0.5) is 0 Å². The first-order valence-electron chi connectivity index (χ1n) is 6.21. The second kappa shape index (κ2) is 5.85. The topological polar surface area (TPSA) is 20.3 Å². The Morgan fingerprint density at radius 1 is 1.35 bits per heavy atom. The smallest absolute Gasteiger partial charge is 0.223 e. The van der Waals surface area contributed by atoms with Crippen LogP contribution < -0.4 is 0 Å². The van der Waals surface area contributed by atoms with Gasteiger partial charge in [-0.2, -0.15) is 0 Å². The molecule has 0 aliphatic carbocycles. The van der Waals surface area contributed by atoms with Gasteiger partial charge in [0.15, 0.2) is 0 Å². The Labute approximate surface area is 117 Å². The van der Waals surface area contributed by atoms with Crippen LogP contribution in [0.1, 0.15) is 31.7 Å². The van der Waals surface area contributed by atoms with Gasteiger partial charge in [-0.3, -0.25) is 4.79 Å². The van der Waals surface area contributed by atoms with Gasteiger partial charge in [0.05, 0.1) is 0 Å². The van der Waals surface area contributed by atoms with Gasteiger partial charge in [0.25, 0.3) is 0 Å². The number of benzene rings is 1. The van der Waals surface area contributed by atoms with Crippen molar-refractivity contribution in [3.05, 3.63) is 33.4 Å². The molecule has 1 heterocycles. The summed E-state index contributed by atoms with van der Waals surface area (Å²) >= 11 is 2.30. The monoisotopic (exact) mass is 343 g/mol. The quantitative estimate of drug-likeness (QED) is 0.767. The van der Waals surface area contributed by atoms with E-state index in [0.29, 0.717) is 11.8 Å². The third-order valence-electron chi connectivity index (χ3n) is 3.28. The van der Waals surface area contributed by atoms with Crippen molar-refractivity contribution >= 4 is 28.5 Å². The van der Waals surface area contributed by atoms with Crippen LogP contribution in [0, 0.1) is 9.49 Å². The SMILES string of the molecule is CCCC1CC(=O)N(Cc2ccc(I)cc2)C1. The normalized spacial score (nSPS) is 20.0. The summed E-state index contributed by atoms with van der Waals surface area (Å²) in [6.45, 7) is 3.90. The number of hydrogen-bond donors (Lipinski definition) is 0. The number of likely N-dealkylation sites (tertiary alicyclic amines) is 1. The first-order valence-corrected chi connectivity index (χ1v) is 7.29. The van der Waals surface area contributed by atoms with E-state index in [-0.39, 0.29) is 0 Å². The molecule has 1 aromatic carbocycles. The average molecular weight is 343 g/mol. The number of halogens is 1. The molecule has 0 N–H and O–H groups in total. The minimum absolute atomic E-state index is 0.321. The Hall–Kier alpha value is -0.580. The summed E-state index contributed by atoms with van der Waals surface area (Å²) in [7, 11) is 0. The standard InChI is InChI=1S/C14H18INO/c1-2-3-12-8-14(17)16(10-12)9-11-4-6-13(15)7-5-11/h4-7,12H,2-3,8-10H2,1H3. The molecule has 92 valence electrons. The minimum Gasteiger partial charge on any atom is -0.338 e. The minimum atomic E-state index is 0.321. The molecule has 17 heavy (non-hydrogen) atoms. The molecule has 1 aliphatic heterocycles. The van der Waals surface area contributed by atoms with Crippen LogP contribution in [0.3, 0.4) is 0 Å². The summed E-state index contributed by atoms with van der Waals surface area (Å²) in [5.41, 5.74) is 1.23. The summed E-state index contributed by atoms with van der Waals surface area (Å²) in [6, 6.07) is 8.42. The lowest BCUT2D eigenvalue weighted by Crippen LogP contribution is -2.24. The summed E-state index contributed by atoms with van der Waals surface area (Å²) in [4.78, 5) is 13.9. The third kappa shape index (κ3) is 3.44. The molecule has 0 aromatic heterocycles. The zero-order valence-electron chi connectivity index (χ0n) is 10.2. The maximum absolute atomic E-state index is 11.9. The maximum Gasteiger partial charge on any atom is 0.223 e. The Kier molecular flexibility index (Phi) is 4.42. The van der Waals surface area contributed by atoms with Gasteiger partial charge in [-0.25, -0.2) is 0 Å². The average Bonchev–Trinajstić information content (AvgIpc) is 2.63. The second-order valence-corrected chi connectivity index (χ2v) is 6.01. The van der Waals surface area contributed by atoms with Gasteiger partial charge < -0.3 is 4.90 Å². The highest BCUT2D eigenvalue weighted by atomic mass is 127. The van der Waals surface area contributed by atoms with Crippen molar-refractivity contribution in [2.75, 3.05) is 6.54 Å². The van der Waals surface area contributed by atoms with Crippen LogP contribution >= 0.6 is 22.6 Å². The maximum atomic E-state index is 11.9. The Morgan fingerprint density at radius 2 is 2.06 bits per heavy atom. The first kappa shape index (κ1) is 12.9. The van der Waals surface area contributed by atoms with Crippen LogP contribution in [-0.2, 0) is 11.3 Å². The lowest BCUT2D eigenvalue weighted by Gasteiger charge is -2.16. The molecule has 1 unspecified atom stereocenters. The number of rotatable bonds is 4. The molecule has 2 nitrogen and oxygen atoms in total. The van der Waals surface area contributed by atoms with E-state index in [2.05, 4.69) is 53.8 Å². The van der Waals surface area contributed by atoms with Gasteiger partial charge in [0.1, 0.15) is 0 Å². The van der Waals surface area contributed by atoms with Crippen LogP contribution in [0.15, 0.2) is 24.3 Å². The summed E-state index contributed by atoms with van der Waals surface area (Å²) in [5.74, 6) is 0.901. The van der Waals surface area contributed by atoms with E-state index >= 15 is 0 Å². The lowest BCUT2D eigenvalue weighted by molar-refractivity contribution is -0.128. The Morgan fingerprint density at radius 3 is 2.71 bits per heavy atom. The summed E-state index contributed by atoms with van der Waals surface area (Å²) in [6.07, 6.45) is 3.10. The fraction of sp³-hybridized carbons (Fsp3) is 0.500. The molecular formula is C14H18INO. The van der Waals surface area contributed by atoms with Crippen molar-refractivity contribution in [2.24, 2.45) is 5.92 Å². The molecule has 1 aliphatic rings. The molecule has 2 rings (SSSR count). The van der Waals surface area contributed by atoms with E-state index in [1.54, 1.807) is 0 Å².